The van der Waals surface area contributed by atoms with Crippen molar-refractivity contribution in [1.29, 1.82) is 0 Å². The standard InChI is InChI=1S/C57H37NS/c1-4-16-39(17-5-1)56-47-34-35-52-55(46-24-12-15-27-51(46)59-52)54(47)45-33-32-40(36-50(45)58-56)37-28-30-38(31-29-37)53-43-22-10-13-25-48(43)57(41-18-6-2-7-19-41,42-20-8-3-9-21-42)49-26-14-11-23-44(49)53/h1-36,53H. The van der Waals surface area contributed by atoms with Crippen LogP contribution in [0.25, 0.3) is 64.2 Å². The van der Waals surface area contributed by atoms with Crippen molar-refractivity contribution in [2.75, 3.05) is 0 Å². The van der Waals surface area contributed by atoms with E-state index in [0.717, 1.165) is 22.3 Å². The molecule has 0 spiro atoms. The summed E-state index contributed by atoms with van der Waals surface area (Å²) in [5, 5.41) is 6.28. The molecule has 1 aliphatic carbocycles. The number of benzene rings is 9. The third-order valence-electron chi connectivity index (χ3n) is 12.7. The number of thiophene rings is 1. The Balaban J connectivity index is 1.02. The van der Waals surface area contributed by atoms with Gasteiger partial charge in [-0.05, 0) is 68.3 Å². The van der Waals surface area contributed by atoms with Crippen molar-refractivity contribution in [2.24, 2.45) is 0 Å². The van der Waals surface area contributed by atoms with E-state index in [0.29, 0.717) is 0 Å². The van der Waals surface area contributed by atoms with E-state index in [1.807, 2.05) is 11.3 Å². The van der Waals surface area contributed by atoms with Gasteiger partial charge in [0.15, 0.2) is 0 Å². The van der Waals surface area contributed by atoms with E-state index < -0.39 is 5.41 Å². The fourth-order valence-corrected chi connectivity index (χ4v) is 11.3. The third kappa shape index (κ3) is 5.13. The molecule has 2 aromatic heterocycles. The summed E-state index contributed by atoms with van der Waals surface area (Å²) < 4.78 is 2.62. The minimum absolute atomic E-state index is 0.0814. The van der Waals surface area contributed by atoms with Gasteiger partial charge in [0.25, 0.3) is 0 Å². The lowest BCUT2D eigenvalue weighted by atomic mass is 9.57. The number of fused-ring (bicyclic) bond motifs is 9. The summed E-state index contributed by atoms with van der Waals surface area (Å²) in [5.41, 5.74) is 14.2. The van der Waals surface area contributed by atoms with E-state index in [4.69, 9.17) is 4.98 Å². The van der Waals surface area contributed by atoms with Gasteiger partial charge in [0.1, 0.15) is 0 Å². The van der Waals surface area contributed by atoms with Gasteiger partial charge in [-0.2, -0.15) is 0 Å². The maximum atomic E-state index is 5.44. The Labute approximate surface area is 347 Å². The van der Waals surface area contributed by atoms with Gasteiger partial charge in [0.2, 0.25) is 0 Å². The number of hydrogen-bond donors (Lipinski definition) is 0. The maximum absolute atomic E-state index is 5.44. The molecular weight excluding hydrogens is 731 g/mol. The molecule has 2 heteroatoms. The SMILES string of the molecule is c1ccc(-c2nc3cc(-c4ccc(C5c6ccccc6C(c6ccccc6)(c6ccccc6)c6ccccc65)cc4)ccc3c3c2ccc2sc4ccccc4c23)cc1. The highest BCUT2D eigenvalue weighted by atomic mass is 32.1. The fourth-order valence-electron chi connectivity index (χ4n) is 10.2. The maximum Gasteiger partial charge on any atom is 0.0788 e. The number of rotatable bonds is 5. The highest BCUT2D eigenvalue weighted by Crippen LogP contribution is 2.55. The molecule has 0 atom stereocenters. The third-order valence-corrected chi connectivity index (χ3v) is 13.8. The molecule has 1 nitrogen and oxygen atoms in total. The average Bonchev–Trinajstić information content (AvgIpc) is 3.70. The highest BCUT2D eigenvalue weighted by molar-refractivity contribution is 7.26. The van der Waals surface area contributed by atoms with Crippen LogP contribution >= 0.6 is 11.3 Å². The van der Waals surface area contributed by atoms with Crippen molar-refractivity contribution in [3.63, 3.8) is 0 Å². The summed E-state index contributed by atoms with van der Waals surface area (Å²) >= 11 is 1.87. The molecule has 1 aliphatic rings. The zero-order valence-corrected chi connectivity index (χ0v) is 33.0. The summed E-state index contributed by atoms with van der Waals surface area (Å²) in [7, 11) is 0. The minimum atomic E-state index is -0.450. The normalized spacial score (nSPS) is 13.5. The van der Waals surface area contributed by atoms with E-state index in [-0.39, 0.29) is 5.92 Å². The van der Waals surface area contributed by atoms with Crippen LogP contribution in [0.5, 0.6) is 0 Å². The van der Waals surface area contributed by atoms with Crippen molar-refractivity contribution in [1.82, 2.24) is 4.98 Å². The van der Waals surface area contributed by atoms with Gasteiger partial charge in [-0.25, -0.2) is 4.98 Å². The lowest BCUT2D eigenvalue weighted by Gasteiger charge is -2.45. The molecule has 0 radical (unpaired) electrons. The molecule has 59 heavy (non-hydrogen) atoms. The molecule has 9 aromatic carbocycles. The molecule has 0 saturated carbocycles. The predicted molar refractivity (Wildman–Crippen MR) is 249 cm³/mol. The van der Waals surface area contributed by atoms with Gasteiger partial charge in [0, 0.05) is 47.8 Å². The van der Waals surface area contributed by atoms with Gasteiger partial charge < -0.3 is 0 Å². The summed E-state index contributed by atoms with van der Waals surface area (Å²) in [4.78, 5) is 5.44. The van der Waals surface area contributed by atoms with Crippen LogP contribution in [0, 0.1) is 0 Å². The van der Waals surface area contributed by atoms with Gasteiger partial charge in [0.05, 0.1) is 16.6 Å². The Kier molecular flexibility index (Phi) is 7.76. The molecule has 0 saturated heterocycles. The minimum Gasteiger partial charge on any atom is -0.247 e. The summed E-state index contributed by atoms with van der Waals surface area (Å²) in [6, 6.07) is 80.6. The Bertz CT molecular complexity index is 3280. The quantitative estimate of drug-likeness (QED) is 0.159. The molecule has 0 N–H and O–H groups in total. The van der Waals surface area contributed by atoms with E-state index >= 15 is 0 Å². The first-order valence-electron chi connectivity index (χ1n) is 20.4. The van der Waals surface area contributed by atoms with Crippen LogP contribution in [0.2, 0.25) is 0 Å². The summed E-state index contributed by atoms with van der Waals surface area (Å²) in [6.45, 7) is 0. The molecule has 0 bridgehead atoms. The van der Waals surface area contributed by atoms with E-state index in [2.05, 4.69) is 218 Å². The largest absolute Gasteiger partial charge is 0.247 e. The lowest BCUT2D eigenvalue weighted by Crippen LogP contribution is -2.37. The molecule has 0 aliphatic heterocycles. The Morgan fingerprint density at radius 1 is 0.390 bits per heavy atom. The predicted octanol–water partition coefficient (Wildman–Crippen LogP) is 15.0. The van der Waals surface area contributed by atoms with Crippen molar-refractivity contribution in [3.8, 4) is 22.4 Å². The second-order valence-electron chi connectivity index (χ2n) is 15.7. The monoisotopic (exact) mass is 767 g/mol. The van der Waals surface area contributed by atoms with Gasteiger partial charge in [-0.3, -0.25) is 0 Å². The molecule has 2 heterocycles. The average molecular weight is 768 g/mol. The number of aromatic nitrogens is 1. The molecular formula is C57H37NS. The Morgan fingerprint density at radius 2 is 0.949 bits per heavy atom. The number of pyridine rings is 1. The van der Waals surface area contributed by atoms with Crippen molar-refractivity contribution in [2.45, 2.75) is 11.3 Å². The van der Waals surface area contributed by atoms with Gasteiger partial charge >= 0.3 is 0 Å². The lowest BCUT2D eigenvalue weighted by molar-refractivity contribution is 0.681. The molecule has 0 fully saturated rings. The number of nitrogens with zero attached hydrogens (tertiary/aromatic N) is 1. The first kappa shape index (κ1) is 34.0. The second kappa shape index (κ2) is 13.5. The first-order chi connectivity index (χ1) is 29.3. The summed E-state index contributed by atoms with van der Waals surface area (Å²) in [6.07, 6.45) is 0. The van der Waals surface area contributed by atoms with Crippen molar-refractivity contribution < 1.29 is 0 Å². The Hall–Kier alpha value is -7.13. The van der Waals surface area contributed by atoms with Crippen molar-refractivity contribution in [3.05, 3.63) is 257 Å². The van der Waals surface area contributed by atoms with E-state index in [1.165, 1.54) is 80.8 Å². The zero-order chi connectivity index (χ0) is 38.9. The fraction of sp³-hybridized carbons (Fsp3) is 0.0351. The zero-order valence-electron chi connectivity index (χ0n) is 32.2. The van der Waals surface area contributed by atoms with Crippen LogP contribution in [-0.2, 0) is 5.41 Å². The van der Waals surface area contributed by atoms with Crippen LogP contribution in [-0.4, -0.2) is 4.98 Å². The summed E-state index contributed by atoms with van der Waals surface area (Å²) in [5.74, 6) is 0.0814. The molecule has 0 unspecified atom stereocenters. The van der Waals surface area contributed by atoms with Crippen LogP contribution in [0.1, 0.15) is 44.9 Å². The first-order valence-corrected chi connectivity index (χ1v) is 21.2. The van der Waals surface area contributed by atoms with E-state index in [9.17, 15) is 0 Å². The van der Waals surface area contributed by atoms with Crippen LogP contribution < -0.4 is 0 Å². The smallest absolute Gasteiger partial charge is 0.0788 e. The van der Waals surface area contributed by atoms with Crippen LogP contribution in [0.15, 0.2) is 218 Å². The molecule has 12 rings (SSSR count). The van der Waals surface area contributed by atoms with E-state index in [1.54, 1.807) is 0 Å². The molecule has 11 aromatic rings. The van der Waals surface area contributed by atoms with Gasteiger partial charge in [-0.1, -0.05) is 200 Å². The van der Waals surface area contributed by atoms with Crippen molar-refractivity contribution >= 4 is 53.2 Å². The molecule has 0 amide bonds. The second-order valence-corrected chi connectivity index (χ2v) is 16.8. The van der Waals surface area contributed by atoms with Gasteiger partial charge in [-0.15, -0.1) is 11.3 Å². The number of hydrogen-bond acceptors (Lipinski definition) is 2. The molecule has 276 valence electrons. The highest BCUT2D eigenvalue weighted by Gasteiger charge is 2.46. The Morgan fingerprint density at radius 3 is 1.63 bits per heavy atom. The topological polar surface area (TPSA) is 12.9 Å². The van der Waals surface area contributed by atoms with Crippen LogP contribution in [0.3, 0.4) is 0 Å². The van der Waals surface area contributed by atoms with Crippen LogP contribution in [0.4, 0.5) is 0 Å².